The Kier molecular flexibility index (Phi) is 5.52. The number of carbonyl (C=O) groups is 1. The first-order valence-corrected chi connectivity index (χ1v) is 10.8. The Morgan fingerprint density at radius 2 is 1.88 bits per heavy atom. The van der Waals surface area contributed by atoms with Gasteiger partial charge in [0.05, 0.1) is 5.69 Å². The number of carbonyl (C=O) groups excluding carboxylic acids is 1. The third kappa shape index (κ3) is 4.16. The number of nitrogens with zero attached hydrogens (tertiary/aromatic N) is 8. The van der Waals surface area contributed by atoms with Crippen LogP contribution in [-0.2, 0) is 4.79 Å². The zero-order valence-electron chi connectivity index (χ0n) is 17.4. The summed E-state index contributed by atoms with van der Waals surface area (Å²) in [4.78, 5) is 14.4. The molecular weight excluding hydrogens is 438 g/mol. The molecule has 3 aromatic heterocycles. The van der Waals surface area contributed by atoms with Gasteiger partial charge in [0.25, 0.3) is 5.91 Å². The highest BCUT2D eigenvalue weighted by Crippen LogP contribution is 2.25. The van der Waals surface area contributed by atoms with Crippen LogP contribution in [0.5, 0.6) is 0 Å². The van der Waals surface area contributed by atoms with E-state index in [1.807, 2.05) is 73.0 Å². The van der Waals surface area contributed by atoms with Crippen LogP contribution in [0.1, 0.15) is 10.4 Å². The summed E-state index contributed by atoms with van der Waals surface area (Å²) in [7, 11) is 0. The lowest BCUT2D eigenvalue weighted by Crippen LogP contribution is -2.20. The summed E-state index contributed by atoms with van der Waals surface area (Å²) in [6.45, 7) is 1.89. The molecule has 0 unspecified atom stereocenters. The number of tetrazole rings is 2. The molecule has 0 saturated heterocycles. The molecule has 162 valence electrons. The predicted octanol–water partition coefficient (Wildman–Crippen LogP) is 3.32. The maximum Gasteiger partial charge on any atom is 0.274 e. The van der Waals surface area contributed by atoms with Crippen LogP contribution in [-0.4, -0.2) is 46.3 Å². The van der Waals surface area contributed by atoms with Crippen molar-refractivity contribution in [3.63, 3.8) is 0 Å². The second-order valence-corrected chi connectivity index (χ2v) is 7.96. The van der Waals surface area contributed by atoms with Crippen molar-refractivity contribution in [2.75, 3.05) is 5.32 Å². The second-order valence-electron chi connectivity index (χ2n) is 6.98. The average Bonchev–Trinajstić information content (AvgIpc) is 3.62. The molecule has 11 heteroatoms. The largest absolute Gasteiger partial charge is 0.320 e. The van der Waals surface area contributed by atoms with E-state index >= 15 is 0 Å². The van der Waals surface area contributed by atoms with Crippen LogP contribution in [0.15, 0.2) is 72.4 Å². The molecular formula is C22H17N9OS. The molecule has 10 nitrogen and oxygen atoms in total. The van der Waals surface area contributed by atoms with E-state index in [1.54, 1.807) is 10.8 Å². The molecule has 2 aromatic carbocycles. The van der Waals surface area contributed by atoms with E-state index in [0.29, 0.717) is 11.5 Å². The number of amides is 1. The Morgan fingerprint density at radius 3 is 2.64 bits per heavy atom. The zero-order valence-corrected chi connectivity index (χ0v) is 18.2. The van der Waals surface area contributed by atoms with Gasteiger partial charge in [0.1, 0.15) is 12.0 Å². The summed E-state index contributed by atoms with van der Waals surface area (Å²) in [5.74, 6) is 0.109. The molecule has 0 aliphatic heterocycles. The van der Waals surface area contributed by atoms with Crippen molar-refractivity contribution in [2.45, 2.75) is 6.92 Å². The molecule has 0 bridgehead atoms. The molecule has 0 aliphatic rings. The molecule has 1 N–H and O–H groups in total. The smallest absolute Gasteiger partial charge is 0.274 e. The summed E-state index contributed by atoms with van der Waals surface area (Å²) in [6.07, 6.45) is 3.27. The molecule has 0 atom stereocenters. The van der Waals surface area contributed by atoms with E-state index in [-0.39, 0.29) is 11.6 Å². The fraction of sp³-hybridized carbons (Fsp3) is 0.0455. The van der Waals surface area contributed by atoms with Crippen molar-refractivity contribution in [3.8, 4) is 17.1 Å². The quantitative estimate of drug-likeness (QED) is 0.390. The van der Waals surface area contributed by atoms with Crippen molar-refractivity contribution < 1.29 is 4.79 Å². The number of nitrogens with one attached hydrogen (secondary N) is 1. The van der Waals surface area contributed by atoms with Crippen molar-refractivity contribution in [1.29, 1.82) is 0 Å². The molecule has 3 heterocycles. The van der Waals surface area contributed by atoms with Gasteiger partial charge in [-0.15, -0.1) is 21.5 Å². The fourth-order valence-corrected chi connectivity index (χ4v) is 3.96. The number of thiophene rings is 1. The molecule has 0 spiro atoms. The highest BCUT2D eigenvalue weighted by molar-refractivity contribution is 7.10. The lowest BCUT2D eigenvalue weighted by molar-refractivity contribution is -0.111. The normalized spacial score (nSPS) is 11.5. The number of rotatable bonds is 6. The number of aromatic nitrogens is 8. The summed E-state index contributed by atoms with van der Waals surface area (Å²) in [5, 5.41) is 28.3. The van der Waals surface area contributed by atoms with Gasteiger partial charge in [-0.05, 0) is 63.0 Å². The van der Waals surface area contributed by atoms with Gasteiger partial charge in [-0.3, -0.25) is 4.79 Å². The molecule has 0 saturated carbocycles. The number of hydrogen-bond acceptors (Lipinski definition) is 8. The van der Waals surface area contributed by atoms with E-state index < -0.39 is 0 Å². The summed E-state index contributed by atoms with van der Waals surface area (Å²) in [5.41, 5.74) is 3.28. The number of hydrogen-bond donors (Lipinski definition) is 1. The van der Waals surface area contributed by atoms with Crippen LogP contribution in [0, 0.1) is 6.92 Å². The highest BCUT2D eigenvalue weighted by atomic mass is 32.1. The Labute approximate surface area is 192 Å². The minimum atomic E-state index is -0.357. The van der Waals surface area contributed by atoms with Crippen molar-refractivity contribution in [2.24, 2.45) is 0 Å². The van der Waals surface area contributed by atoms with E-state index in [4.69, 9.17) is 0 Å². The molecule has 0 aliphatic carbocycles. The maximum absolute atomic E-state index is 13.5. The lowest BCUT2D eigenvalue weighted by Gasteiger charge is -2.14. The maximum atomic E-state index is 13.5. The molecule has 0 fully saturated rings. The predicted molar refractivity (Wildman–Crippen MR) is 124 cm³/mol. The van der Waals surface area contributed by atoms with Gasteiger partial charge < -0.3 is 5.32 Å². The Bertz CT molecular complexity index is 1410. The standard InChI is InChI=1S/C22H17N9OS/c1-15-18(10-5-11-19(15)30-14-23-26-28-30)24-22(32)20(13-17-9-6-12-33-17)31-21(25-27-29-31)16-7-3-2-4-8-16/h2-14H,1H3,(H,24,32)/b20-13+. The highest BCUT2D eigenvalue weighted by Gasteiger charge is 2.20. The SMILES string of the molecule is Cc1c(NC(=O)/C(=C\c2cccs2)n2nnnc2-c2ccccc2)cccc1-n1cnnn1. The average molecular weight is 456 g/mol. The van der Waals surface area contributed by atoms with Crippen LogP contribution in [0.2, 0.25) is 0 Å². The summed E-state index contributed by atoms with van der Waals surface area (Å²) in [6, 6.07) is 18.8. The monoisotopic (exact) mass is 455 g/mol. The van der Waals surface area contributed by atoms with Gasteiger partial charge in [0, 0.05) is 16.1 Å². The second kappa shape index (κ2) is 8.93. The van der Waals surface area contributed by atoms with Crippen LogP contribution in [0.4, 0.5) is 5.69 Å². The first-order valence-electron chi connectivity index (χ1n) is 9.94. The summed E-state index contributed by atoms with van der Waals surface area (Å²) >= 11 is 1.51. The Balaban J connectivity index is 1.54. The number of benzene rings is 2. The number of anilines is 1. The first kappa shape index (κ1) is 20.4. The fourth-order valence-electron chi connectivity index (χ4n) is 3.31. The van der Waals surface area contributed by atoms with E-state index in [0.717, 1.165) is 21.7 Å². The third-order valence-electron chi connectivity index (χ3n) is 4.93. The Morgan fingerprint density at radius 1 is 1.00 bits per heavy atom. The summed E-state index contributed by atoms with van der Waals surface area (Å²) < 4.78 is 2.99. The molecule has 0 radical (unpaired) electrons. The van der Waals surface area contributed by atoms with Crippen LogP contribution in [0.3, 0.4) is 0 Å². The van der Waals surface area contributed by atoms with Gasteiger partial charge in [0.2, 0.25) is 0 Å². The minimum absolute atomic E-state index is 0.286. The minimum Gasteiger partial charge on any atom is -0.320 e. The van der Waals surface area contributed by atoms with Crippen LogP contribution in [0.25, 0.3) is 28.8 Å². The van der Waals surface area contributed by atoms with Crippen LogP contribution < -0.4 is 5.32 Å². The lowest BCUT2D eigenvalue weighted by atomic mass is 10.1. The molecule has 1 amide bonds. The topological polar surface area (TPSA) is 116 Å². The van der Waals surface area contributed by atoms with E-state index in [2.05, 4.69) is 36.4 Å². The third-order valence-corrected chi connectivity index (χ3v) is 5.75. The molecule has 33 heavy (non-hydrogen) atoms. The van der Waals surface area contributed by atoms with E-state index in [9.17, 15) is 4.79 Å². The zero-order chi connectivity index (χ0) is 22.6. The van der Waals surface area contributed by atoms with Gasteiger partial charge in [-0.1, -0.05) is 42.5 Å². The molecule has 5 aromatic rings. The van der Waals surface area contributed by atoms with E-state index in [1.165, 1.54) is 22.3 Å². The Hall–Kier alpha value is -4.51. The van der Waals surface area contributed by atoms with Gasteiger partial charge in [0.15, 0.2) is 5.82 Å². The first-order chi connectivity index (χ1) is 16.2. The van der Waals surface area contributed by atoms with Gasteiger partial charge in [-0.25, -0.2) is 4.68 Å². The van der Waals surface area contributed by atoms with Gasteiger partial charge >= 0.3 is 0 Å². The van der Waals surface area contributed by atoms with Crippen molar-refractivity contribution in [1.82, 2.24) is 40.4 Å². The molecule has 5 rings (SSSR count). The van der Waals surface area contributed by atoms with Gasteiger partial charge in [-0.2, -0.15) is 4.68 Å². The van der Waals surface area contributed by atoms with Crippen molar-refractivity contribution in [3.05, 3.63) is 82.8 Å². The van der Waals surface area contributed by atoms with Crippen molar-refractivity contribution >= 4 is 34.7 Å². The van der Waals surface area contributed by atoms with Crippen LogP contribution >= 0.6 is 11.3 Å².